The monoisotopic (exact) mass is 278 g/mol. The summed E-state index contributed by atoms with van der Waals surface area (Å²) in [4.78, 5) is 7.55. The summed E-state index contributed by atoms with van der Waals surface area (Å²) in [5.74, 6) is 1.12. The molecule has 2 saturated heterocycles. The molecule has 2 fully saturated rings. The van der Waals surface area contributed by atoms with E-state index < -0.39 is 0 Å². The third-order valence-electron chi connectivity index (χ3n) is 4.49. The van der Waals surface area contributed by atoms with Crippen LogP contribution in [0.15, 0.2) is 22.8 Å². The largest absolute Gasteiger partial charge is 0.468 e. The fraction of sp³-hybridized carbons (Fsp3) is 0.733. The highest BCUT2D eigenvalue weighted by atomic mass is 16.3. The van der Waals surface area contributed by atoms with Gasteiger partial charge in [-0.1, -0.05) is 0 Å². The van der Waals surface area contributed by atoms with Gasteiger partial charge in [0, 0.05) is 58.9 Å². The van der Waals surface area contributed by atoms with E-state index in [1.54, 1.807) is 6.26 Å². The van der Waals surface area contributed by atoms with Crippen molar-refractivity contribution in [2.45, 2.75) is 6.04 Å². The Morgan fingerprint density at radius 2 is 1.90 bits per heavy atom. The molecule has 1 N–H and O–H groups in total. The highest BCUT2D eigenvalue weighted by Crippen LogP contribution is 2.23. The second kappa shape index (κ2) is 6.72. The van der Waals surface area contributed by atoms with Crippen molar-refractivity contribution in [2.75, 3.05) is 66.0 Å². The smallest absolute Gasteiger partial charge is 0.122 e. The van der Waals surface area contributed by atoms with Crippen molar-refractivity contribution in [1.29, 1.82) is 0 Å². The Morgan fingerprint density at radius 1 is 1.15 bits per heavy atom. The molecule has 2 aliphatic heterocycles. The van der Waals surface area contributed by atoms with Gasteiger partial charge in [-0.2, -0.15) is 0 Å². The maximum atomic E-state index is 5.71. The molecular formula is C15H26N4O. The molecule has 1 unspecified atom stereocenters. The number of rotatable bonds is 4. The van der Waals surface area contributed by atoms with Crippen LogP contribution in [0.2, 0.25) is 0 Å². The first-order chi connectivity index (χ1) is 9.83. The minimum atomic E-state index is 0.399. The highest BCUT2D eigenvalue weighted by Gasteiger charge is 2.27. The first-order valence-corrected chi connectivity index (χ1v) is 7.72. The van der Waals surface area contributed by atoms with Gasteiger partial charge in [-0.05, 0) is 19.2 Å². The van der Waals surface area contributed by atoms with E-state index in [1.165, 1.54) is 26.2 Å². The fourth-order valence-corrected chi connectivity index (χ4v) is 3.14. The lowest BCUT2D eigenvalue weighted by atomic mass is 10.1. The van der Waals surface area contributed by atoms with E-state index in [0.29, 0.717) is 6.04 Å². The van der Waals surface area contributed by atoms with Gasteiger partial charge >= 0.3 is 0 Å². The summed E-state index contributed by atoms with van der Waals surface area (Å²) in [5.41, 5.74) is 0. The molecule has 2 aliphatic rings. The zero-order valence-corrected chi connectivity index (χ0v) is 12.4. The molecule has 112 valence electrons. The molecule has 0 aromatic carbocycles. The third kappa shape index (κ3) is 3.41. The van der Waals surface area contributed by atoms with Crippen molar-refractivity contribution in [2.24, 2.45) is 0 Å². The van der Waals surface area contributed by atoms with Gasteiger partial charge in [0.25, 0.3) is 0 Å². The van der Waals surface area contributed by atoms with Crippen LogP contribution in [-0.4, -0.2) is 80.7 Å². The molecule has 5 nitrogen and oxygen atoms in total. The summed E-state index contributed by atoms with van der Waals surface area (Å²) in [6.07, 6.45) is 1.80. The van der Waals surface area contributed by atoms with E-state index >= 15 is 0 Å². The van der Waals surface area contributed by atoms with Crippen LogP contribution in [-0.2, 0) is 0 Å². The average Bonchev–Trinajstić information content (AvgIpc) is 3.01. The van der Waals surface area contributed by atoms with Crippen LogP contribution >= 0.6 is 0 Å². The topological polar surface area (TPSA) is 34.9 Å². The molecule has 5 heteroatoms. The van der Waals surface area contributed by atoms with E-state index in [0.717, 1.165) is 38.5 Å². The van der Waals surface area contributed by atoms with Crippen molar-refractivity contribution in [3.63, 3.8) is 0 Å². The number of piperazine rings is 2. The molecule has 3 heterocycles. The number of hydrogen-bond donors (Lipinski definition) is 1. The Hall–Kier alpha value is -0.880. The lowest BCUT2D eigenvalue weighted by Crippen LogP contribution is -2.51. The van der Waals surface area contributed by atoms with Gasteiger partial charge in [0.1, 0.15) is 5.76 Å². The van der Waals surface area contributed by atoms with Crippen molar-refractivity contribution in [1.82, 2.24) is 20.0 Å². The number of likely N-dealkylation sites (N-methyl/N-ethyl adjacent to an activating group) is 1. The molecule has 0 amide bonds. The number of hydrogen-bond acceptors (Lipinski definition) is 5. The van der Waals surface area contributed by atoms with Gasteiger partial charge in [-0.3, -0.25) is 9.80 Å². The Labute approximate surface area is 121 Å². The Kier molecular flexibility index (Phi) is 4.73. The second-order valence-electron chi connectivity index (χ2n) is 5.92. The molecule has 1 aromatic heterocycles. The van der Waals surface area contributed by atoms with Crippen molar-refractivity contribution >= 4 is 0 Å². The Morgan fingerprint density at radius 3 is 2.55 bits per heavy atom. The second-order valence-corrected chi connectivity index (χ2v) is 5.92. The quantitative estimate of drug-likeness (QED) is 0.866. The van der Waals surface area contributed by atoms with Crippen LogP contribution in [0.4, 0.5) is 0 Å². The number of furan rings is 1. The van der Waals surface area contributed by atoms with Crippen LogP contribution in [0.25, 0.3) is 0 Å². The first kappa shape index (κ1) is 14.1. The molecule has 0 saturated carbocycles. The average molecular weight is 278 g/mol. The zero-order valence-electron chi connectivity index (χ0n) is 12.4. The minimum absolute atomic E-state index is 0.399. The normalized spacial score (nSPS) is 24.9. The van der Waals surface area contributed by atoms with Crippen LogP contribution < -0.4 is 5.32 Å². The summed E-state index contributed by atoms with van der Waals surface area (Å²) in [7, 11) is 2.21. The SMILES string of the molecule is CN1CCN(CC(c2ccco2)N2CCNCC2)CC1. The molecule has 0 bridgehead atoms. The summed E-state index contributed by atoms with van der Waals surface area (Å²) in [6.45, 7) is 10.2. The third-order valence-corrected chi connectivity index (χ3v) is 4.49. The van der Waals surface area contributed by atoms with Gasteiger partial charge in [-0.25, -0.2) is 0 Å². The molecule has 1 atom stereocenters. The maximum Gasteiger partial charge on any atom is 0.122 e. The Balaban J connectivity index is 1.65. The lowest BCUT2D eigenvalue weighted by molar-refractivity contribution is 0.0825. The number of nitrogens with zero attached hydrogens (tertiary/aromatic N) is 3. The van der Waals surface area contributed by atoms with E-state index in [-0.39, 0.29) is 0 Å². The maximum absolute atomic E-state index is 5.71. The summed E-state index contributed by atoms with van der Waals surface area (Å²) in [6, 6.07) is 4.53. The van der Waals surface area contributed by atoms with Crippen LogP contribution in [0, 0.1) is 0 Å². The van der Waals surface area contributed by atoms with E-state index in [9.17, 15) is 0 Å². The van der Waals surface area contributed by atoms with Crippen LogP contribution in [0.1, 0.15) is 11.8 Å². The lowest BCUT2D eigenvalue weighted by Gasteiger charge is -2.39. The number of nitrogens with one attached hydrogen (secondary N) is 1. The summed E-state index contributed by atoms with van der Waals surface area (Å²) >= 11 is 0. The van der Waals surface area contributed by atoms with Crippen molar-refractivity contribution in [3.8, 4) is 0 Å². The van der Waals surface area contributed by atoms with Gasteiger partial charge in [0.2, 0.25) is 0 Å². The van der Waals surface area contributed by atoms with Gasteiger partial charge in [0.05, 0.1) is 12.3 Å². The van der Waals surface area contributed by atoms with E-state index in [2.05, 4.69) is 33.1 Å². The molecular weight excluding hydrogens is 252 g/mol. The van der Waals surface area contributed by atoms with Gasteiger partial charge < -0.3 is 14.6 Å². The van der Waals surface area contributed by atoms with E-state index in [1.807, 2.05) is 6.07 Å². The van der Waals surface area contributed by atoms with Crippen LogP contribution in [0.5, 0.6) is 0 Å². The van der Waals surface area contributed by atoms with Crippen molar-refractivity contribution in [3.05, 3.63) is 24.2 Å². The minimum Gasteiger partial charge on any atom is -0.468 e. The summed E-state index contributed by atoms with van der Waals surface area (Å²) in [5, 5.41) is 3.43. The van der Waals surface area contributed by atoms with Crippen LogP contribution in [0.3, 0.4) is 0 Å². The molecule has 0 aliphatic carbocycles. The molecule has 0 spiro atoms. The predicted octanol–water partition coefficient (Wildman–Crippen LogP) is 0.473. The highest BCUT2D eigenvalue weighted by molar-refractivity contribution is 5.06. The van der Waals surface area contributed by atoms with Gasteiger partial charge in [0.15, 0.2) is 0 Å². The summed E-state index contributed by atoms with van der Waals surface area (Å²) < 4.78 is 5.71. The molecule has 3 rings (SSSR count). The Bertz CT molecular complexity index is 381. The zero-order chi connectivity index (χ0) is 13.8. The molecule has 1 aromatic rings. The fourth-order valence-electron chi connectivity index (χ4n) is 3.14. The predicted molar refractivity (Wildman–Crippen MR) is 79.8 cm³/mol. The van der Waals surface area contributed by atoms with E-state index in [4.69, 9.17) is 4.42 Å². The first-order valence-electron chi connectivity index (χ1n) is 7.72. The van der Waals surface area contributed by atoms with Gasteiger partial charge in [-0.15, -0.1) is 0 Å². The van der Waals surface area contributed by atoms with Crippen molar-refractivity contribution < 1.29 is 4.42 Å². The molecule has 20 heavy (non-hydrogen) atoms. The standard InChI is InChI=1S/C15H26N4O/c1-17-8-10-18(11-9-17)13-14(15-3-2-12-20-15)19-6-4-16-5-7-19/h2-3,12,14,16H,4-11,13H2,1H3. The molecule has 0 radical (unpaired) electrons.